The van der Waals surface area contributed by atoms with Crippen LogP contribution in [0, 0.1) is 22.7 Å². The lowest BCUT2D eigenvalue weighted by atomic mass is 9.46. The average Bonchev–Trinajstić information content (AvgIpc) is 3.43. The van der Waals surface area contributed by atoms with Gasteiger partial charge >= 0.3 is 5.97 Å². The van der Waals surface area contributed by atoms with Crippen molar-refractivity contribution < 1.29 is 29.3 Å². The van der Waals surface area contributed by atoms with Crippen LogP contribution in [-0.2, 0) is 19.1 Å². The van der Waals surface area contributed by atoms with E-state index in [0.29, 0.717) is 24.5 Å². The molecule has 6 heteroatoms. The smallest absolute Gasteiger partial charge is 0.302 e. The molecule has 0 amide bonds. The molecule has 30 heavy (non-hydrogen) atoms. The number of esters is 1. The number of carbonyl (C=O) groups excluding carboxylic acids is 2. The van der Waals surface area contributed by atoms with Crippen molar-refractivity contribution >= 4 is 11.8 Å². The first-order valence-corrected chi connectivity index (χ1v) is 11.1. The maximum atomic E-state index is 12.9. The first-order valence-electron chi connectivity index (χ1n) is 11.1. The van der Waals surface area contributed by atoms with Crippen molar-refractivity contribution in [1.82, 2.24) is 0 Å². The van der Waals surface area contributed by atoms with Crippen molar-refractivity contribution in [1.29, 1.82) is 0 Å². The molecular formula is C24H34O6. The minimum Gasteiger partial charge on any atom is -0.465 e. The normalized spacial score (nSPS) is 45.3. The Morgan fingerprint density at radius 3 is 2.77 bits per heavy atom. The summed E-state index contributed by atoms with van der Waals surface area (Å²) >= 11 is 0. The fourth-order valence-electron chi connectivity index (χ4n) is 6.89. The Labute approximate surface area is 178 Å². The van der Waals surface area contributed by atoms with Crippen LogP contribution in [0.2, 0.25) is 0 Å². The van der Waals surface area contributed by atoms with Crippen LogP contribution in [0.3, 0.4) is 0 Å². The van der Waals surface area contributed by atoms with Gasteiger partial charge in [0.25, 0.3) is 0 Å². The predicted octanol–water partition coefficient (Wildman–Crippen LogP) is 2.72. The summed E-state index contributed by atoms with van der Waals surface area (Å²) in [6.07, 6.45) is 5.34. The monoisotopic (exact) mass is 418 g/mol. The summed E-state index contributed by atoms with van der Waals surface area (Å²) in [6, 6.07) is 0. The highest BCUT2D eigenvalue weighted by Gasteiger charge is 2.69. The lowest BCUT2D eigenvalue weighted by Gasteiger charge is -2.58. The lowest BCUT2D eigenvalue weighted by Crippen LogP contribution is -2.53. The van der Waals surface area contributed by atoms with E-state index in [9.17, 15) is 19.8 Å². The fraction of sp³-hybridized carbons (Fsp3) is 0.750. The zero-order valence-electron chi connectivity index (χ0n) is 18.3. The van der Waals surface area contributed by atoms with E-state index < -0.39 is 17.8 Å². The summed E-state index contributed by atoms with van der Waals surface area (Å²) in [4.78, 5) is 24.4. The molecule has 3 aliphatic carbocycles. The van der Waals surface area contributed by atoms with Crippen LogP contribution >= 0.6 is 0 Å². The van der Waals surface area contributed by atoms with E-state index >= 15 is 0 Å². The highest BCUT2D eigenvalue weighted by molar-refractivity contribution is 6.02. The van der Waals surface area contributed by atoms with Crippen LogP contribution in [0.15, 0.2) is 23.8 Å². The van der Waals surface area contributed by atoms with Gasteiger partial charge in [-0.25, -0.2) is 0 Å². The minimum atomic E-state index is -1.000. The number of aliphatic hydroxyl groups excluding tert-OH is 2. The number of ketones is 1. The van der Waals surface area contributed by atoms with E-state index in [1.807, 2.05) is 0 Å². The first-order chi connectivity index (χ1) is 14.1. The van der Waals surface area contributed by atoms with E-state index in [1.165, 1.54) is 13.0 Å². The summed E-state index contributed by atoms with van der Waals surface area (Å²) in [5.74, 6) is 0.0493. The maximum Gasteiger partial charge on any atom is 0.302 e. The second-order valence-electron chi connectivity index (χ2n) is 10.4. The SMILES string of the molecule is C=C1CC[C@H]2[C@](C)(COC(C)=O)CCC[C@]2(C)[C@H]1C[C@]12O[C@H]1[C@H](O)C(CO)=CC2=O. The van der Waals surface area contributed by atoms with Gasteiger partial charge in [-0.1, -0.05) is 32.4 Å². The Hall–Kier alpha value is -1.50. The number of carbonyl (C=O) groups is 2. The van der Waals surface area contributed by atoms with Crippen molar-refractivity contribution in [3.05, 3.63) is 23.8 Å². The quantitative estimate of drug-likeness (QED) is 0.405. The zero-order valence-corrected chi connectivity index (χ0v) is 18.3. The van der Waals surface area contributed by atoms with Gasteiger partial charge in [-0.2, -0.15) is 0 Å². The second-order valence-corrected chi connectivity index (χ2v) is 10.4. The molecule has 0 aromatic heterocycles. The molecule has 0 radical (unpaired) electrons. The number of hydrogen-bond acceptors (Lipinski definition) is 6. The van der Waals surface area contributed by atoms with Crippen LogP contribution in [0.4, 0.5) is 0 Å². The molecule has 166 valence electrons. The van der Waals surface area contributed by atoms with Crippen LogP contribution in [0.5, 0.6) is 0 Å². The zero-order chi connectivity index (χ0) is 21.9. The Bertz CT molecular complexity index is 802. The molecule has 6 nitrogen and oxygen atoms in total. The minimum absolute atomic E-state index is 0.0695. The van der Waals surface area contributed by atoms with Gasteiger partial charge in [0, 0.05) is 12.3 Å². The van der Waals surface area contributed by atoms with E-state index in [2.05, 4.69) is 20.4 Å². The Morgan fingerprint density at radius 1 is 1.37 bits per heavy atom. The van der Waals surface area contributed by atoms with E-state index in [1.54, 1.807) is 0 Å². The van der Waals surface area contributed by atoms with Gasteiger partial charge in [-0.05, 0) is 61.0 Å². The summed E-state index contributed by atoms with van der Waals surface area (Å²) < 4.78 is 11.3. The number of fused-ring (bicyclic) bond motifs is 2. The first kappa shape index (κ1) is 21.7. The third-order valence-electron chi connectivity index (χ3n) is 8.58. The summed E-state index contributed by atoms with van der Waals surface area (Å²) in [5, 5.41) is 19.9. The molecular weight excluding hydrogens is 384 g/mol. The van der Waals surface area contributed by atoms with E-state index in [4.69, 9.17) is 9.47 Å². The number of epoxide rings is 1. The van der Waals surface area contributed by atoms with E-state index in [-0.39, 0.29) is 35.1 Å². The molecule has 0 unspecified atom stereocenters. The van der Waals surface area contributed by atoms with Crippen molar-refractivity contribution in [2.75, 3.05) is 13.2 Å². The Kier molecular flexibility index (Phi) is 5.27. The summed E-state index contributed by atoms with van der Waals surface area (Å²) in [5.41, 5.74) is 0.309. The van der Waals surface area contributed by atoms with Crippen LogP contribution < -0.4 is 0 Å². The Morgan fingerprint density at radius 2 is 2.10 bits per heavy atom. The van der Waals surface area contributed by atoms with Crippen LogP contribution in [0.1, 0.15) is 59.3 Å². The number of ether oxygens (including phenoxy) is 2. The fourth-order valence-corrected chi connectivity index (χ4v) is 6.89. The molecule has 2 N–H and O–H groups in total. The van der Waals surface area contributed by atoms with Gasteiger partial charge in [-0.3, -0.25) is 9.59 Å². The summed E-state index contributed by atoms with van der Waals surface area (Å²) in [6.45, 7) is 10.4. The number of rotatable bonds is 5. The molecule has 3 fully saturated rings. The van der Waals surface area contributed by atoms with Crippen LogP contribution in [0.25, 0.3) is 0 Å². The number of aliphatic hydroxyl groups is 2. The molecule has 4 rings (SSSR count). The average molecular weight is 419 g/mol. The molecule has 1 saturated heterocycles. The highest BCUT2D eigenvalue weighted by atomic mass is 16.6. The molecule has 1 aliphatic heterocycles. The van der Waals surface area contributed by atoms with Gasteiger partial charge in [0.05, 0.1) is 13.2 Å². The lowest BCUT2D eigenvalue weighted by molar-refractivity contribution is -0.153. The summed E-state index contributed by atoms with van der Waals surface area (Å²) in [7, 11) is 0. The van der Waals surface area contributed by atoms with Crippen molar-refractivity contribution in [3.8, 4) is 0 Å². The third kappa shape index (κ3) is 3.19. The molecule has 0 aromatic rings. The molecule has 4 aliphatic rings. The molecule has 0 bridgehead atoms. The van der Waals surface area contributed by atoms with Gasteiger partial charge < -0.3 is 19.7 Å². The largest absolute Gasteiger partial charge is 0.465 e. The van der Waals surface area contributed by atoms with Crippen LogP contribution in [-0.4, -0.2) is 53.0 Å². The molecule has 0 aromatic carbocycles. The van der Waals surface area contributed by atoms with Gasteiger partial charge in [0.15, 0.2) is 11.4 Å². The second kappa shape index (κ2) is 7.28. The van der Waals surface area contributed by atoms with Gasteiger partial charge in [0.1, 0.15) is 12.2 Å². The van der Waals surface area contributed by atoms with Gasteiger partial charge in [0.2, 0.25) is 0 Å². The topological polar surface area (TPSA) is 96.4 Å². The van der Waals surface area contributed by atoms with E-state index in [0.717, 1.165) is 37.7 Å². The predicted molar refractivity (Wildman–Crippen MR) is 110 cm³/mol. The molecule has 2 saturated carbocycles. The Balaban J connectivity index is 1.61. The highest BCUT2D eigenvalue weighted by Crippen LogP contribution is 2.64. The molecule has 7 atom stereocenters. The third-order valence-corrected chi connectivity index (χ3v) is 8.58. The van der Waals surface area contributed by atoms with Crippen molar-refractivity contribution in [2.24, 2.45) is 22.7 Å². The van der Waals surface area contributed by atoms with Crippen molar-refractivity contribution in [3.63, 3.8) is 0 Å². The molecule has 0 spiro atoms. The number of hydrogen-bond donors (Lipinski definition) is 2. The van der Waals surface area contributed by atoms with Gasteiger partial charge in [-0.15, -0.1) is 0 Å². The molecule has 1 heterocycles. The van der Waals surface area contributed by atoms with Crippen molar-refractivity contribution in [2.45, 2.75) is 77.1 Å². The standard InChI is InChI=1S/C24H34O6/c1-14-6-7-18-22(3,13-29-15(2)26)8-5-9-23(18,4)17(14)11-24-19(27)10-16(12-25)20(28)21(24)30-24/h10,17-18,20-21,25,28H,1,5-9,11-13H2,2-4H3/t17-,18-,20+,21-,22-,23+,24+/m0/s1. The maximum absolute atomic E-state index is 12.9. The number of allylic oxidation sites excluding steroid dienone is 1.